The Morgan fingerprint density at radius 1 is 1.22 bits per heavy atom. The highest BCUT2D eigenvalue weighted by atomic mass is 35.5. The van der Waals surface area contributed by atoms with Gasteiger partial charge in [0.25, 0.3) is 0 Å². The van der Waals surface area contributed by atoms with Gasteiger partial charge in [-0.05, 0) is 30.3 Å². The smallest absolute Gasteiger partial charge is 0.221 e. The number of nitrogens with one attached hydrogen (secondary N) is 1. The zero-order valence-corrected chi connectivity index (χ0v) is 13.6. The van der Waals surface area contributed by atoms with Crippen molar-refractivity contribution in [2.45, 2.75) is 6.92 Å². The van der Waals surface area contributed by atoms with Crippen molar-refractivity contribution in [3.63, 3.8) is 0 Å². The first-order valence-electron chi connectivity index (χ1n) is 6.74. The van der Waals surface area contributed by atoms with Crippen molar-refractivity contribution in [1.82, 2.24) is 9.97 Å². The fourth-order valence-corrected chi connectivity index (χ4v) is 2.69. The Morgan fingerprint density at radius 2 is 2.00 bits per heavy atom. The van der Waals surface area contributed by atoms with Gasteiger partial charge in [0.1, 0.15) is 0 Å². The highest BCUT2D eigenvalue weighted by Gasteiger charge is 2.13. The number of nitrogens with two attached hydrogens (primary N) is 1. The molecule has 3 N–H and O–H groups in total. The van der Waals surface area contributed by atoms with Crippen molar-refractivity contribution in [3.05, 3.63) is 46.7 Å². The van der Waals surface area contributed by atoms with E-state index in [9.17, 15) is 4.79 Å². The standard InChI is InChI=1S/C16H12Cl2N4O/c1-8(23)21-10-2-3-13-9(6-10)7-12(17)15(22-13)11-4-5-20-16(18)14(11)19/h2-7H,19H2,1H3,(H,21,23). The molecule has 2 aromatic heterocycles. The number of anilines is 2. The van der Waals surface area contributed by atoms with Gasteiger partial charge < -0.3 is 11.1 Å². The monoisotopic (exact) mass is 346 g/mol. The summed E-state index contributed by atoms with van der Waals surface area (Å²) in [5, 5.41) is 4.18. The number of nitrogen functional groups attached to an aromatic ring is 1. The minimum Gasteiger partial charge on any atom is -0.396 e. The largest absolute Gasteiger partial charge is 0.396 e. The third-order valence-corrected chi connectivity index (χ3v) is 3.87. The molecular weight excluding hydrogens is 335 g/mol. The highest BCUT2D eigenvalue weighted by molar-refractivity contribution is 6.35. The van der Waals surface area contributed by atoms with E-state index in [1.54, 1.807) is 30.5 Å². The van der Waals surface area contributed by atoms with E-state index < -0.39 is 0 Å². The zero-order valence-electron chi connectivity index (χ0n) is 12.1. The lowest BCUT2D eigenvalue weighted by molar-refractivity contribution is -0.114. The molecule has 116 valence electrons. The number of aromatic nitrogens is 2. The van der Waals surface area contributed by atoms with Gasteiger partial charge in [-0.1, -0.05) is 23.2 Å². The van der Waals surface area contributed by atoms with E-state index in [1.807, 2.05) is 6.07 Å². The van der Waals surface area contributed by atoms with Crippen LogP contribution in [0.3, 0.4) is 0 Å². The average molecular weight is 347 g/mol. The molecule has 0 radical (unpaired) electrons. The van der Waals surface area contributed by atoms with E-state index in [0.717, 1.165) is 10.9 Å². The predicted octanol–water partition coefficient (Wildman–Crippen LogP) is 4.14. The van der Waals surface area contributed by atoms with Crippen LogP contribution in [0.4, 0.5) is 11.4 Å². The van der Waals surface area contributed by atoms with Crippen molar-refractivity contribution in [2.75, 3.05) is 11.1 Å². The molecule has 0 bridgehead atoms. The quantitative estimate of drug-likeness (QED) is 0.683. The van der Waals surface area contributed by atoms with Gasteiger partial charge in [-0.3, -0.25) is 4.79 Å². The Kier molecular flexibility index (Phi) is 4.07. The number of pyridine rings is 2. The number of carbonyl (C=O) groups excluding carboxylic acids is 1. The second kappa shape index (κ2) is 6.02. The number of hydrogen-bond donors (Lipinski definition) is 2. The lowest BCUT2D eigenvalue weighted by Gasteiger charge is -2.10. The van der Waals surface area contributed by atoms with Gasteiger partial charge in [0.15, 0.2) is 5.15 Å². The van der Waals surface area contributed by atoms with Crippen molar-refractivity contribution in [3.8, 4) is 11.3 Å². The summed E-state index contributed by atoms with van der Waals surface area (Å²) in [6.45, 7) is 1.45. The lowest BCUT2D eigenvalue weighted by atomic mass is 10.1. The Labute approximate surface area is 142 Å². The molecule has 0 unspecified atom stereocenters. The van der Waals surface area contributed by atoms with E-state index in [0.29, 0.717) is 27.7 Å². The molecule has 0 atom stereocenters. The van der Waals surface area contributed by atoms with Crippen LogP contribution >= 0.6 is 23.2 Å². The van der Waals surface area contributed by atoms with Crippen molar-refractivity contribution >= 4 is 51.4 Å². The predicted molar refractivity (Wildman–Crippen MR) is 93.7 cm³/mol. The topological polar surface area (TPSA) is 80.9 Å². The molecule has 3 aromatic rings. The summed E-state index contributed by atoms with van der Waals surface area (Å²) >= 11 is 12.3. The van der Waals surface area contributed by atoms with Crippen LogP contribution < -0.4 is 11.1 Å². The van der Waals surface area contributed by atoms with E-state index >= 15 is 0 Å². The Bertz CT molecular complexity index is 927. The molecule has 7 heteroatoms. The van der Waals surface area contributed by atoms with Crippen LogP contribution in [-0.2, 0) is 4.79 Å². The maximum atomic E-state index is 11.1. The van der Waals surface area contributed by atoms with Crippen LogP contribution in [0.15, 0.2) is 36.5 Å². The van der Waals surface area contributed by atoms with Gasteiger partial charge in [0, 0.05) is 29.8 Å². The molecule has 0 aliphatic carbocycles. The molecule has 0 saturated carbocycles. The summed E-state index contributed by atoms with van der Waals surface area (Å²) in [5.74, 6) is -0.140. The van der Waals surface area contributed by atoms with Crippen LogP contribution in [0.25, 0.3) is 22.2 Å². The van der Waals surface area contributed by atoms with Crippen LogP contribution in [-0.4, -0.2) is 15.9 Å². The summed E-state index contributed by atoms with van der Waals surface area (Å²) in [7, 11) is 0. The number of nitrogens with zero attached hydrogens (tertiary/aromatic N) is 2. The first-order chi connectivity index (χ1) is 11.0. The summed E-state index contributed by atoms with van der Waals surface area (Å²) in [6, 6.07) is 8.88. The van der Waals surface area contributed by atoms with Gasteiger partial charge in [0.2, 0.25) is 5.91 Å². The maximum Gasteiger partial charge on any atom is 0.221 e. The molecule has 0 saturated heterocycles. The molecule has 0 aliphatic heterocycles. The zero-order chi connectivity index (χ0) is 16.6. The fourth-order valence-electron chi connectivity index (χ4n) is 2.27. The molecule has 0 fully saturated rings. The number of carbonyl (C=O) groups is 1. The van der Waals surface area contributed by atoms with Gasteiger partial charge in [-0.15, -0.1) is 0 Å². The molecular formula is C16H12Cl2N4O. The van der Waals surface area contributed by atoms with E-state index in [-0.39, 0.29) is 11.1 Å². The van der Waals surface area contributed by atoms with Gasteiger partial charge >= 0.3 is 0 Å². The normalized spacial score (nSPS) is 10.7. The van der Waals surface area contributed by atoms with Crippen LogP contribution in [0.2, 0.25) is 10.2 Å². The minimum atomic E-state index is -0.140. The molecule has 1 amide bonds. The van der Waals surface area contributed by atoms with E-state index in [4.69, 9.17) is 28.9 Å². The second-order valence-corrected chi connectivity index (χ2v) is 5.74. The van der Waals surface area contributed by atoms with Crippen molar-refractivity contribution in [2.24, 2.45) is 0 Å². The Balaban J connectivity index is 2.15. The van der Waals surface area contributed by atoms with Crippen LogP contribution in [0.1, 0.15) is 6.92 Å². The minimum absolute atomic E-state index is 0.140. The van der Waals surface area contributed by atoms with E-state index in [2.05, 4.69) is 15.3 Å². The maximum absolute atomic E-state index is 11.1. The third-order valence-electron chi connectivity index (χ3n) is 3.29. The molecule has 23 heavy (non-hydrogen) atoms. The SMILES string of the molecule is CC(=O)Nc1ccc2nc(-c3ccnc(Cl)c3N)c(Cl)cc2c1. The number of fused-ring (bicyclic) bond motifs is 1. The fraction of sp³-hybridized carbons (Fsp3) is 0.0625. The number of rotatable bonds is 2. The molecule has 0 aliphatic rings. The van der Waals surface area contributed by atoms with Crippen molar-refractivity contribution in [1.29, 1.82) is 0 Å². The average Bonchev–Trinajstić information content (AvgIpc) is 2.49. The third kappa shape index (κ3) is 3.06. The Hall–Kier alpha value is -2.37. The van der Waals surface area contributed by atoms with Gasteiger partial charge in [-0.2, -0.15) is 0 Å². The lowest BCUT2D eigenvalue weighted by Crippen LogP contribution is -2.05. The second-order valence-electron chi connectivity index (χ2n) is 4.97. The van der Waals surface area contributed by atoms with Crippen LogP contribution in [0, 0.1) is 0 Å². The molecule has 1 aromatic carbocycles. The summed E-state index contributed by atoms with van der Waals surface area (Å²) < 4.78 is 0. The highest BCUT2D eigenvalue weighted by Crippen LogP contribution is 2.35. The number of amides is 1. The summed E-state index contributed by atoms with van der Waals surface area (Å²) in [5.41, 5.74) is 8.87. The van der Waals surface area contributed by atoms with Gasteiger partial charge in [-0.25, -0.2) is 9.97 Å². The van der Waals surface area contributed by atoms with Crippen LogP contribution in [0.5, 0.6) is 0 Å². The number of hydrogen-bond acceptors (Lipinski definition) is 4. The molecule has 3 rings (SSSR count). The van der Waals surface area contributed by atoms with Gasteiger partial charge in [0.05, 0.1) is 21.9 Å². The molecule has 0 spiro atoms. The Morgan fingerprint density at radius 3 is 2.74 bits per heavy atom. The summed E-state index contributed by atoms with van der Waals surface area (Å²) in [4.78, 5) is 19.6. The molecule has 5 nitrogen and oxygen atoms in total. The van der Waals surface area contributed by atoms with Crippen molar-refractivity contribution < 1.29 is 4.79 Å². The first-order valence-corrected chi connectivity index (χ1v) is 7.49. The summed E-state index contributed by atoms with van der Waals surface area (Å²) in [6.07, 6.45) is 1.55. The molecule has 2 heterocycles. The number of benzene rings is 1. The van der Waals surface area contributed by atoms with E-state index in [1.165, 1.54) is 6.92 Å². The number of halogens is 2. The first kappa shape index (κ1) is 15.5.